The molecule has 3 aromatic rings. The zero-order valence-corrected chi connectivity index (χ0v) is 16.6. The van der Waals surface area contributed by atoms with Crippen LogP contribution in [0.15, 0.2) is 71.6 Å². The normalized spacial score (nSPS) is 10.5. The zero-order valence-electron chi connectivity index (χ0n) is 15.8. The summed E-state index contributed by atoms with van der Waals surface area (Å²) in [4.78, 5) is 13.8. The van der Waals surface area contributed by atoms with Crippen molar-refractivity contribution in [2.75, 3.05) is 12.4 Å². The van der Waals surface area contributed by atoms with Crippen LogP contribution < -0.4 is 10.1 Å². The Morgan fingerprint density at radius 2 is 1.56 bits per heavy atom. The third kappa shape index (κ3) is 5.14. The third-order valence-corrected chi connectivity index (χ3v) is 5.33. The van der Waals surface area contributed by atoms with Gasteiger partial charge in [-0.3, -0.25) is 4.79 Å². The first-order chi connectivity index (χ1) is 13.0. The number of rotatable bonds is 6. The van der Waals surface area contributed by atoms with E-state index in [4.69, 9.17) is 4.74 Å². The second-order valence-corrected chi connectivity index (χ2v) is 7.50. The molecule has 1 amide bonds. The highest BCUT2D eigenvalue weighted by Crippen LogP contribution is 2.29. The van der Waals surface area contributed by atoms with Crippen molar-refractivity contribution in [3.63, 3.8) is 0 Å². The van der Waals surface area contributed by atoms with Gasteiger partial charge in [-0.1, -0.05) is 35.4 Å². The highest BCUT2D eigenvalue weighted by atomic mass is 32.2. The molecule has 27 heavy (non-hydrogen) atoms. The molecule has 0 heterocycles. The maximum Gasteiger partial charge on any atom is 0.255 e. The van der Waals surface area contributed by atoms with Gasteiger partial charge >= 0.3 is 0 Å². The number of methoxy groups -OCH3 is 1. The van der Waals surface area contributed by atoms with Crippen LogP contribution in [0, 0.1) is 13.8 Å². The molecule has 0 radical (unpaired) electrons. The lowest BCUT2D eigenvalue weighted by atomic mass is 10.1. The van der Waals surface area contributed by atoms with Crippen LogP contribution >= 0.6 is 11.8 Å². The predicted octanol–water partition coefficient (Wildman–Crippen LogP) is 5.86. The van der Waals surface area contributed by atoms with Crippen LogP contribution in [-0.4, -0.2) is 13.0 Å². The molecular formula is C23H23NO2S. The lowest BCUT2D eigenvalue weighted by molar-refractivity contribution is 0.102. The van der Waals surface area contributed by atoms with Gasteiger partial charge in [0.1, 0.15) is 5.75 Å². The average Bonchev–Trinajstić information content (AvgIpc) is 2.69. The quantitative estimate of drug-likeness (QED) is 0.547. The average molecular weight is 378 g/mol. The molecule has 138 valence electrons. The van der Waals surface area contributed by atoms with E-state index in [9.17, 15) is 4.79 Å². The van der Waals surface area contributed by atoms with Gasteiger partial charge in [0.15, 0.2) is 0 Å². The van der Waals surface area contributed by atoms with Gasteiger partial charge in [-0.2, -0.15) is 0 Å². The van der Waals surface area contributed by atoms with E-state index in [-0.39, 0.29) is 5.91 Å². The number of aryl methyl sites for hydroxylation is 2. The number of carbonyl (C=O) groups is 1. The van der Waals surface area contributed by atoms with Gasteiger partial charge in [0.05, 0.1) is 7.11 Å². The fraction of sp³-hybridized carbons (Fsp3) is 0.174. The summed E-state index contributed by atoms with van der Waals surface area (Å²) in [6.07, 6.45) is 0. The number of hydrogen-bond donors (Lipinski definition) is 1. The Morgan fingerprint density at radius 1 is 0.926 bits per heavy atom. The fourth-order valence-corrected chi connectivity index (χ4v) is 3.54. The monoisotopic (exact) mass is 377 g/mol. The van der Waals surface area contributed by atoms with Crippen molar-refractivity contribution in [1.82, 2.24) is 0 Å². The molecule has 4 heteroatoms. The molecule has 0 aromatic heterocycles. The van der Waals surface area contributed by atoms with E-state index >= 15 is 0 Å². The van der Waals surface area contributed by atoms with E-state index < -0.39 is 0 Å². The lowest BCUT2D eigenvalue weighted by Gasteiger charge is -2.11. The maximum atomic E-state index is 12.6. The second-order valence-electron chi connectivity index (χ2n) is 6.45. The van der Waals surface area contributed by atoms with E-state index in [0.29, 0.717) is 5.56 Å². The molecule has 0 unspecified atom stereocenters. The Balaban J connectivity index is 1.74. The maximum absolute atomic E-state index is 12.6. The van der Waals surface area contributed by atoms with E-state index in [1.165, 1.54) is 10.5 Å². The number of anilines is 1. The highest BCUT2D eigenvalue weighted by molar-refractivity contribution is 7.98. The van der Waals surface area contributed by atoms with Gasteiger partial charge in [-0.25, -0.2) is 0 Å². The van der Waals surface area contributed by atoms with Crippen LogP contribution in [0.5, 0.6) is 5.75 Å². The zero-order chi connectivity index (χ0) is 19.2. The Kier molecular flexibility index (Phi) is 6.20. The van der Waals surface area contributed by atoms with Gasteiger partial charge < -0.3 is 10.1 Å². The Hall–Kier alpha value is -2.72. The van der Waals surface area contributed by atoms with Crippen molar-refractivity contribution >= 4 is 23.4 Å². The van der Waals surface area contributed by atoms with E-state index in [1.807, 2.05) is 43.3 Å². The van der Waals surface area contributed by atoms with Crippen LogP contribution in [-0.2, 0) is 5.75 Å². The molecule has 0 bridgehead atoms. The Morgan fingerprint density at radius 3 is 2.19 bits per heavy atom. The fourth-order valence-electron chi connectivity index (χ4n) is 2.67. The molecule has 3 rings (SSSR count). The van der Waals surface area contributed by atoms with Crippen LogP contribution in [0.4, 0.5) is 5.69 Å². The van der Waals surface area contributed by atoms with Gasteiger partial charge in [0.25, 0.3) is 5.91 Å². The van der Waals surface area contributed by atoms with Crippen molar-refractivity contribution in [3.8, 4) is 5.75 Å². The second kappa shape index (κ2) is 8.78. The molecule has 0 atom stereocenters. The third-order valence-electron chi connectivity index (χ3n) is 4.27. The number of nitrogens with one attached hydrogen (secondary N) is 1. The minimum absolute atomic E-state index is 0.122. The molecule has 0 spiro atoms. The van der Waals surface area contributed by atoms with Gasteiger partial charge in [-0.05, 0) is 56.3 Å². The summed E-state index contributed by atoms with van der Waals surface area (Å²) < 4.78 is 5.47. The smallest absolute Gasteiger partial charge is 0.255 e. The molecule has 1 N–H and O–H groups in total. The van der Waals surface area contributed by atoms with Gasteiger partial charge in [0, 0.05) is 27.5 Å². The summed E-state index contributed by atoms with van der Waals surface area (Å²) in [7, 11) is 1.65. The number of hydrogen-bond acceptors (Lipinski definition) is 3. The largest absolute Gasteiger partial charge is 0.496 e. The summed E-state index contributed by atoms with van der Waals surface area (Å²) in [5.74, 6) is 1.40. The number of ether oxygens (including phenoxy) is 1. The van der Waals surface area contributed by atoms with E-state index in [0.717, 1.165) is 28.3 Å². The van der Waals surface area contributed by atoms with Crippen molar-refractivity contribution in [1.29, 1.82) is 0 Å². The minimum atomic E-state index is -0.122. The van der Waals surface area contributed by atoms with E-state index in [1.54, 1.807) is 24.9 Å². The van der Waals surface area contributed by atoms with Crippen LogP contribution in [0.1, 0.15) is 27.0 Å². The van der Waals surface area contributed by atoms with Gasteiger partial charge in [0.2, 0.25) is 0 Å². The van der Waals surface area contributed by atoms with Crippen LogP contribution in [0.2, 0.25) is 0 Å². The summed E-state index contributed by atoms with van der Waals surface area (Å²) in [6, 6.07) is 21.8. The Bertz CT molecular complexity index is 918. The van der Waals surface area contributed by atoms with Crippen LogP contribution in [0.3, 0.4) is 0 Å². The lowest BCUT2D eigenvalue weighted by Crippen LogP contribution is -2.12. The van der Waals surface area contributed by atoms with E-state index in [2.05, 4.69) is 36.5 Å². The summed E-state index contributed by atoms with van der Waals surface area (Å²) >= 11 is 1.73. The SMILES string of the molecule is COc1ccc(C(=O)Nc2ccc(C)cc2)cc1CSc1ccc(C)cc1. The predicted molar refractivity (Wildman–Crippen MR) is 113 cm³/mol. The first-order valence-electron chi connectivity index (χ1n) is 8.79. The summed E-state index contributed by atoms with van der Waals surface area (Å²) in [5.41, 5.74) is 4.81. The number of benzene rings is 3. The van der Waals surface area contributed by atoms with Crippen molar-refractivity contribution in [2.24, 2.45) is 0 Å². The van der Waals surface area contributed by atoms with Crippen molar-refractivity contribution < 1.29 is 9.53 Å². The Labute approximate surface area is 164 Å². The summed E-state index contributed by atoms with van der Waals surface area (Å²) in [5, 5.41) is 2.94. The molecule has 0 aliphatic heterocycles. The molecule has 0 saturated heterocycles. The highest BCUT2D eigenvalue weighted by Gasteiger charge is 2.11. The first kappa shape index (κ1) is 19.1. The molecule has 3 nitrogen and oxygen atoms in total. The van der Waals surface area contributed by atoms with Crippen molar-refractivity contribution in [3.05, 3.63) is 89.0 Å². The number of carbonyl (C=O) groups excluding carboxylic acids is 1. The standard InChI is InChI=1S/C23H23NO2S/c1-16-4-9-20(10-5-16)24-23(25)18-8-13-22(26-3)19(14-18)15-27-21-11-6-17(2)7-12-21/h4-14H,15H2,1-3H3,(H,24,25). The molecule has 0 fully saturated rings. The molecule has 0 saturated carbocycles. The first-order valence-corrected chi connectivity index (χ1v) is 9.78. The molecule has 0 aliphatic rings. The van der Waals surface area contributed by atoms with Crippen molar-refractivity contribution in [2.45, 2.75) is 24.5 Å². The van der Waals surface area contributed by atoms with Crippen LogP contribution in [0.25, 0.3) is 0 Å². The minimum Gasteiger partial charge on any atom is -0.496 e. The number of amides is 1. The molecule has 3 aromatic carbocycles. The summed E-state index contributed by atoms with van der Waals surface area (Å²) in [6.45, 7) is 4.10. The molecular weight excluding hydrogens is 354 g/mol. The van der Waals surface area contributed by atoms with Gasteiger partial charge in [-0.15, -0.1) is 11.8 Å². The topological polar surface area (TPSA) is 38.3 Å². The molecule has 0 aliphatic carbocycles. The number of thioether (sulfide) groups is 1.